The van der Waals surface area contributed by atoms with Crippen molar-refractivity contribution in [3.05, 3.63) is 0 Å². The van der Waals surface area contributed by atoms with Crippen molar-refractivity contribution in [2.24, 2.45) is 0 Å². The summed E-state index contributed by atoms with van der Waals surface area (Å²) in [4.78, 5) is 20.4. The van der Waals surface area contributed by atoms with Crippen LogP contribution in [0, 0.1) is 0 Å². The van der Waals surface area contributed by atoms with Crippen LogP contribution in [0.2, 0.25) is 0 Å². The Morgan fingerprint density at radius 1 is 1.42 bits per heavy atom. The van der Waals surface area contributed by atoms with Gasteiger partial charge in [-0.05, 0) is 0 Å². The molecule has 0 aromatic heterocycles. The summed E-state index contributed by atoms with van der Waals surface area (Å²) in [6.45, 7) is 0. The van der Waals surface area contributed by atoms with E-state index in [1.807, 2.05) is 0 Å². The number of imide groups is 1. The number of hydrogen-bond donors (Lipinski definition) is 2. The van der Waals surface area contributed by atoms with Gasteiger partial charge in [0, 0.05) is 12.7 Å². The second kappa shape index (κ2) is 4.05. The molecule has 0 aliphatic rings. The molecule has 0 unspecified atom stereocenters. The summed E-state index contributed by atoms with van der Waals surface area (Å²) in [5, 5.41) is 9.56. The lowest BCUT2D eigenvalue weighted by Crippen LogP contribution is -2.29. The van der Waals surface area contributed by atoms with Crippen molar-refractivity contribution in [1.82, 2.24) is 5.32 Å². The summed E-state index contributed by atoms with van der Waals surface area (Å²) in [5.41, 5.74) is 0. The van der Waals surface area contributed by atoms with Crippen LogP contribution in [-0.4, -0.2) is 37.5 Å². The van der Waals surface area contributed by atoms with Gasteiger partial charge in [-0.1, -0.05) is 0 Å². The fraction of sp³-hybridized carbons (Fsp3) is 0.600. The predicted octanol–water partition coefficient (Wildman–Crippen LogP) is -0.785. The number of nitrogens with one attached hydrogen (secondary N) is 1. The molecule has 0 spiro atoms. The average Bonchev–Trinajstić information content (AvgIpc) is 1.80. The predicted molar refractivity (Wildman–Crippen MR) is 40.5 cm³/mol. The van der Waals surface area contributed by atoms with Crippen LogP contribution >= 0.6 is 0 Å². The summed E-state index contributed by atoms with van der Waals surface area (Å²) >= 11 is 0. The van der Waals surface area contributed by atoms with Gasteiger partial charge >= 0.3 is 6.09 Å². The number of carboxylic acid groups (broad SMARTS) is 1. The molecule has 0 fully saturated rings. The third-order valence-corrected chi connectivity index (χ3v) is 1.89. The number of carbonyl (C=O) groups is 2. The smallest absolute Gasteiger partial charge is 0.411 e. The summed E-state index contributed by atoms with van der Waals surface area (Å²) < 4.78 is 21.0. The van der Waals surface area contributed by atoms with E-state index in [-0.39, 0.29) is 12.2 Å². The number of sulfone groups is 1. The van der Waals surface area contributed by atoms with E-state index in [9.17, 15) is 18.0 Å². The maximum absolute atomic E-state index is 10.5. The van der Waals surface area contributed by atoms with Crippen LogP contribution in [-0.2, 0) is 14.6 Å². The molecule has 0 aromatic rings. The molecule has 0 aliphatic heterocycles. The van der Waals surface area contributed by atoms with E-state index in [2.05, 4.69) is 0 Å². The molecule has 0 aliphatic carbocycles. The Morgan fingerprint density at radius 2 is 1.92 bits per heavy atom. The van der Waals surface area contributed by atoms with Gasteiger partial charge in [0.2, 0.25) is 5.91 Å². The first-order valence-corrected chi connectivity index (χ1v) is 5.08. The summed E-state index contributed by atoms with van der Waals surface area (Å²) in [5.74, 6) is -1.15. The molecular weight excluding hydrogens is 186 g/mol. The van der Waals surface area contributed by atoms with Crippen molar-refractivity contribution in [3.63, 3.8) is 0 Å². The largest absolute Gasteiger partial charge is 0.465 e. The molecule has 6 nitrogen and oxygen atoms in total. The highest BCUT2D eigenvalue weighted by Gasteiger charge is 2.09. The minimum absolute atomic E-state index is 0.328. The van der Waals surface area contributed by atoms with E-state index < -0.39 is 21.8 Å². The Balaban J connectivity index is 3.81. The highest BCUT2D eigenvalue weighted by molar-refractivity contribution is 7.90. The fourth-order valence-electron chi connectivity index (χ4n) is 0.460. The highest BCUT2D eigenvalue weighted by atomic mass is 32.2. The normalized spacial score (nSPS) is 10.8. The lowest BCUT2D eigenvalue weighted by atomic mass is 10.5. The molecule has 0 heterocycles. The van der Waals surface area contributed by atoms with E-state index >= 15 is 0 Å². The van der Waals surface area contributed by atoms with Gasteiger partial charge in [-0.25, -0.2) is 13.2 Å². The molecular formula is C5H9NO5S. The first-order valence-electron chi connectivity index (χ1n) is 3.02. The minimum atomic E-state index is -3.21. The molecule has 12 heavy (non-hydrogen) atoms. The first-order chi connectivity index (χ1) is 5.31. The lowest BCUT2D eigenvalue weighted by molar-refractivity contribution is -0.119. The van der Waals surface area contributed by atoms with Crippen molar-refractivity contribution in [1.29, 1.82) is 0 Å². The molecule has 0 saturated heterocycles. The van der Waals surface area contributed by atoms with Crippen LogP contribution in [0.25, 0.3) is 0 Å². The van der Waals surface area contributed by atoms with Crippen molar-refractivity contribution in [3.8, 4) is 0 Å². The Morgan fingerprint density at radius 3 is 2.25 bits per heavy atom. The number of hydrogen-bond acceptors (Lipinski definition) is 4. The first kappa shape index (κ1) is 10.9. The third-order valence-electron chi connectivity index (χ3n) is 0.946. The van der Waals surface area contributed by atoms with Gasteiger partial charge in [-0.15, -0.1) is 0 Å². The van der Waals surface area contributed by atoms with E-state index in [1.165, 1.54) is 5.32 Å². The molecule has 7 heteroatoms. The summed E-state index contributed by atoms with van der Waals surface area (Å²) in [6, 6.07) is 0. The van der Waals surface area contributed by atoms with E-state index in [1.54, 1.807) is 0 Å². The molecule has 0 saturated carbocycles. The Bertz CT molecular complexity index is 280. The van der Waals surface area contributed by atoms with E-state index in [4.69, 9.17) is 5.11 Å². The SMILES string of the molecule is CS(=O)(=O)CCC(=O)NC(=O)O. The quantitative estimate of drug-likeness (QED) is 0.615. The molecule has 2 amide bonds. The molecule has 0 aromatic carbocycles. The lowest BCUT2D eigenvalue weighted by Gasteiger charge is -1.97. The van der Waals surface area contributed by atoms with E-state index in [0.717, 1.165) is 6.26 Å². The number of amides is 2. The van der Waals surface area contributed by atoms with Gasteiger partial charge in [-0.2, -0.15) is 0 Å². The maximum Gasteiger partial charge on any atom is 0.411 e. The summed E-state index contributed by atoms with van der Waals surface area (Å²) in [7, 11) is -3.21. The topological polar surface area (TPSA) is 101 Å². The minimum Gasteiger partial charge on any atom is -0.465 e. The zero-order chi connectivity index (χ0) is 9.78. The fourth-order valence-corrected chi connectivity index (χ4v) is 1.02. The molecule has 0 rings (SSSR count). The average molecular weight is 195 g/mol. The second-order valence-electron chi connectivity index (χ2n) is 2.23. The maximum atomic E-state index is 10.5. The van der Waals surface area contributed by atoms with Crippen molar-refractivity contribution >= 4 is 21.8 Å². The zero-order valence-electron chi connectivity index (χ0n) is 6.40. The molecule has 0 atom stereocenters. The van der Waals surface area contributed by atoms with Gasteiger partial charge in [-0.3, -0.25) is 10.1 Å². The van der Waals surface area contributed by atoms with Crippen molar-refractivity contribution < 1.29 is 23.1 Å². The van der Waals surface area contributed by atoms with Crippen LogP contribution in [0.15, 0.2) is 0 Å². The van der Waals surface area contributed by atoms with Gasteiger partial charge in [0.15, 0.2) is 0 Å². The Kier molecular flexibility index (Phi) is 3.68. The molecule has 0 bridgehead atoms. The van der Waals surface area contributed by atoms with Crippen molar-refractivity contribution in [2.45, 2.75) is 6.42 Å². The molecule has 2 N–H and O–H groups in total. The third kappa shape index (κ3) is 7.00. The van der Waals surface area contributed by atoms with Gasteiger partial charge in [0.05, 0.1) is 5.75 Å². The second-order valence-corrected chi connectivity index (χ2v) is 4.49. The van der Waals surface area contributed by atoms with E-state index in [0.29, 0.717) is 0 Å². The Labute approximate surface area is 69.5 Å². The zero-order valence-corrected chi connectivity index (χ0v) is 7.22. The standard InChI is InChI=1S/C5H9NO5S/c1-12(10,11)3-2-4(7)6-5(8)9/h2-3H2,1H3,(H,6,7)(H,8,9). The van der Waals surface area contributed by atoms with Crippen LogP contribution in [0.3, 0.4) is 0 Å². The number of rotatable bonds is 3. The summed E-state index contributed by atoms with van der Waals surface area (Å²) in [6.07, 6.45) is -0.833. The van der Waals surface area contributed by atoms with Crippen LogP contribution in [0.4, 0.5) is 4.79 Å². The van der Waals surface area contributed by atoms with Crippen LogP contribution in [0.5, 0.6) is 0 Å². The van der Waals surface area contributed by atoms with Crippen LogP contribution in [0.1, 0.15) is 6.42 Å². The van der Waals surface area contributed by atoms with Crippen LogP contribution < -0.4 is 5.32 Å². The number of carbonyl (C=O) groups excluding carboxylic acids is 1. The molecule has 0 radical (unpaired) electrons. The van der Waals surface area contributed by atoms with Gasteiger partial charge in [0.1, 0.15) is 9.84 Å². The Hall–Kier alpha value is -1.11. The molecule has 70 valence electrons. The van der Waals surface area contributed by atoms with Crippen molar-refractivity contribution in [2.75, 3.05) is 12.0 Å². The highest BCUT2D eigenvalue weighted by Crippen LogP contribution is 1.88. The van der Waals surface area contributed by atoms with Gasteiger partial charge in [0.25, 0.3) is 0 Å². The monoisotopic (exact) mass is 195 g/mol. The van der Waals surface area contributed by atoms with Gasteiger partial charge < -0.3 is 5.11 Å².